The largest absolute Gasteiger partial charge is 0.492 e. The van der Waals surface area contributed by atoms with Crippen molar-refractivity contribution in [1.29, 1.82) is 0 Å². The summed E-state index contributed by atoms with van der Waals surface area (Å²) in [5.74, 6) is -0.644. The molecule has 0 aliphatic carbocycles. The van der Waals surface area contributed by atoms with E-state index >= 15 is 0 Å². The van der Waals surface area contributed by atoms with Crippen LogP contribution >= 0.6 is 11.8 Å². The summed E-state index contributed by atoms with van der Waals surface area (Å²) in [4.78, 5) is 24.7. The molecular weight excluding hydrogens is 384 g/mol. The Morgan fingerprint density at radius 3 is 3.04 bits per heavy atom. The Bertz CT molecular complexity index is 764. The molecule has 2 aliphatic heterocycles. The van der Waals surface area contributed by atoms with Crippen molar-refractivity contribution in [2.75, 3.05) is 39.5 Å². The van der Waals surface area contributed by atoms with E-state index in [0.717, 1.165) is 55.9 Å². The number of hydrogen-bond acceptors (Lipinski definition) is 8. The van der Waals surface area contributed by atoms with E-state index in [0.29, 0.717) is 11.8 Å². The highest BCUT2D eigenvalue weighted by Gasteiger charge is 2.32. The summed E-state index contributed by atoms with van der Waals surface area (Å²) >= 11 is 1.07. The Balaban J connectivity index is 1.48. The molecule has 1 aromatic rings. The molecule has 1 amide bonds. The molecule has 0 aromatic heterocycles. The number of rotatable bonds is 8. The molecule has 0 saturated carbocycles. The summed E-state index contributed by atoms with van der Waals surface area (Å²) in [5, 5.41) is 18.8. The van der Waals surface area contributed by atoms with Gasteiger partial charge in [-0.1, -0.05) is 23.9 Å². The van der Waals surface area contributed by atoms with Crippen LogP contribution in [0, 0.1) is 0 Å². The van der Waals surface area contributed by atoms with E-state index in [1.165, 1.54) is 0 Å². The number of aliphatic carboxylic acids is 1. The molecule has 2 N–H and O–H groups in total. The maximum Gasteiger partial charge on any atom is 0.305 e. The van der Waals surface area contributed by atoms with Crippen LogP contribution in [0.15, 0.2) is 34.5 Å². The van der Waals surface area contributed by atoms with Gasteiger partial charge < -0.3 is 19.9 Å². The summed E-state index contributed by atoms with van der Waals surface area (Å²) in [6, 6.07) is 7.47. The van der Waals surface area contributed by atoms with Crippen LogP contribution in [-0.4, -0.2) is 78.0 Å². The molecule has 0 spiro atoms. The van der Waals surface area contributed by atoms with Crippen molar-refractivity contribution in [3.8, 4) is 5.75 Å². The van der Waals surface area contributed by atoms with Gasteiger partial charge in [-0.2, -0.15) is 5.10 Å². The molecule has 150 valence electrons. The number of ether oxygens (including phenoxy) is 2. The number of morpholine rings is 1. The van der Waals surface area contributed by atoms with Gasteiger partial charge >= 0.3 is 5.97 Å². The third kappa shape index (κ3) is 6.32. The number of nitrogens with one attached hydrogen (secondary N) is 1. The Hall–Kier alpha value is -2.43. The molecule has 2 heterocycles. The predicted molar refractivity (Wildman–Crippen MR) is 106 cm³/mol. The molecule has 0 radical (unpaired) electrons. The van der Waals surface area contributed by atoms with Crippen molar-refractivity contribution in [2.24, 2.45) is 10.2 Å². The average molecular weight is 406 g/mol. The number of nitrogens with zero attached hydrogens (tertiary/aromatic N) is 3. The SMILES string of the molecule is O=C(O)CC1SC(=NN=Cc2cccc(OCCN3CCOCC3)c2)NC1=O. The molecule has 2 aliphatic rings. The van der Waals surface area contributed by atoms with E-state index in [4.69, 9.17) is 14.6 Å². The van der Waals surface area contributed by atoms with Gasteiger partial charge in [0.05, 0.1) is 25.8 Å². The molecule has 1 unspecified atom stereocenters. The van der Waals surface area contributed by atoms with E-state index < -0.39 is 11.2 Å². The highest BCUT2D eigenvalue weighted by Crippen LogP contribution is 2.22. The number of carboxylic acid groups (broad SMARTS) is 1. The van der Waals surface area contributed by atoms with Gasteiger partial charge in [-0.3, -0.25) is 14.5 Å². The summed E-state index contributed by atoms with van der Waals surface area (Å²) in [5.41, 5.74) is 0.810. The van der Waals surface area contributed by atoms with Crippen LogP contribution in [0.25, 0.3) is 0 Å². The number of carbonyl (C=O) groups excluding carboxylic acids is 1. The zero-order valence-corrected chi connectivity index (χ0v) is 16.1. The number of carbonyl (C=O) groups is 2. The van der Waals surface area contributed by atoms with Crippen LogP contribution in [0.5, 0.6) is 5.75 Å². The van der Waals surface area contributed by atoms with Gasteiger partial charge in [0.1, 0.15) is 17.6 Å². The zero-order valence-electron chi connectivity index (χ0n) is 15.2. The zero-order chi connectivity index (χ0) is 19.8. The van der Waals surface area contributed by atoms with Gasteiger partial charge in [-0.05, 0) is 17.7 Å². The first-order valence-corrected chi connectivity index (χ1v) is 9.81. The lowest BCUT2D eigenvalue weighted by Gasteiger charge is -2.26. The summed E-state index contributed by atoms with van der Waals surface area (Å²) < 4.78 is 11.1. The third-order valence-electron chi connectivity index (χ3n) is 4.13. The quantitative estimate of drug-likeness (QED) is 0.485. The number of benzene rings is 1. The predicted octanol–water partition coefficient (Wildman–Crippen LogP) is 0.794. The second-order valence-corrected chi connectivity index (χ2v) is 7.41. The van der Waals surface area contributed by atoms with E-state index in [-0.39, 0.29) is 12.3 Å². The molecule has 1 aromatic carbocycles. The Labute approximate surface area is 166 Å². The van der Waals surface area contributed by atoms with Crippen molar-refractivity contribution >= 4 is 35.0 Å². The summed E-state index contributed by atoms with van der Waals surface area (Å²) in [6.07, 6.45) is 1.31. The summed E-state index contributed by atoms with van der Waals surface area (Å²) in [6.45, 7) is 4.84. The van der Waals surface area contributed by atoms with Crippen molar-refractivity contribution < 1.29 is 24.2 Å². The first kappa shape index (κ1) is 20.3. The van der Waals surface area contributed by atoms with Gasteiger partial charge in [0, 0.05) is 19.6 Å². The van der Waals surface area contributed by atoms with E-state index in [1.807, 2.05) is 24.3 Å². The van der Waals surface area contributed by atoms with Crippen molar-refractivity contribution in [1.82, 2.24) is 10.2 Å². The number of amides is 1. The first-order valence-electron chi connectivity index (χ1n) is 8.93. The summed E-state index contributed by atoms with van der Waals surface area (Å²) in [7, 11) is 0. The lowest BCUT2D eigenvalue weighted by Crippen LogP contribution is -2.38. The van der Waals surface area contributed by atoms with Gasteiger partial charge in [0.2, 0.25) is 5.91 Å². The fourth-order valence-electron chi connectivity index (χ4n) is 2.70. The molecule has 1 atom stereocenters. The minimum absolute atomic E-state index is 0.247. The smallest absolute Gasteiger partial charge is 0.305 e. The number of hydrogen-bond donors (Lipinski definition) is 2. The van der Waals surface area contributed by atoms with E-state index in [2.05, 4.69) is 20.4 Å². The second kappa shape index (κ2) is 10.2. The fourth-order valence-corrected chi connectivity index (χ4v) is 3.61. The normalized spacial score (nSPS) is 21.9. The fraction of sp³-hybridized carbons (Fsp3) is 0.444. The number of carboxylic acids is 1. The molecule has 10 heteroatoms. The van der Waals surface area contributed by atoms with Crippen LogP contribution < -0.4 is 10.1 Å². The van der Waals surface area contributed by atoms with Crippen LogP contribution in [0.2, 0.25) is 0 Å². The molecular formula is C18H22N4O5S. The van der Waals surface area contributed by atoms with Gasteiger partial charge in [-0.15, -0.1) is 5.10 Å². The van der Waals surface area contributed by atoms with Gasteiger partial charge in [0.15, 0.2) is 5.17 Å². The molecule has 0 bridgehead atoms. The van der Waals surface area contributed by atoms with Crippen molar-refractivity contribution in [3.63, 3.8) is 0 Å². The van der Waals surface area contributed by atoms with Crippen molar-refractivity contribution in [2.45, 2.75) is 11.7 Å². The Morgan fingerprint density at radius 1 is 1.43 bits per heavy atom. The lowest BCUT2D eigenvalue weighted by molar-refractivity contribution is -0.138. The van der Waals surface area contributed by atoms with Crippen LogP contribution in [-0.2, 0) is 14.3 Å². The minimum Gasteiger partial charge on any atom is -0.492 e. The third-order valence-corrected chi connectivity index (χ3v) is 5.20. The first-order chi connectivity index (χ1) is 13.6. The van der Waals surface area contributed by atoms with E-state index in [9.17, 15) is 9.59 Å². The Kier molecular flexibility index (Phi) is 7.40. The standard InChI is InChI=1S/C18H22N4O5S/c23-16(24)11-15-17(25)20-18(28-15)21-19-12-13-2-1-3-14(10-13)27-9-6-22-4-7-26-8-5-22/h1-3,10,12,15H,4-9,11H2,(H,23,24)(H,20,21,25). The van der Waals surface area contributed by atoms with Gasteiger partial charge in [0.25, 0.3) is 0 Å². The highest BCUT2D eigenvalue weighted by atomic mass is 32.2. The van der Waals surface area contributed by atoms with Crippen LogP contribution in [0.1, 0.15) is 12.0 Å². The number of amidine groups is 1. The highest BCUT2D eigenvalue weighted by molar-refractivity contribution is 8.15. The molecule has 28 heavy (non-hydrogen) atoms. The average Bonchev–Trinajstić information content (AvgIpc) is 3.02. The Morgan fingerprint density at radius 2 is 2.25 bits per heavy atom. The minimum atomic E-state index is -1.03. The lowest BCUT2D eigenvalue weighted by atomic mass is 10.2. The maximum absolute atomic E-state index is 11.7. The number of thioether (sulfide) groups is 1. The topological polar surface area (TPSA) is 113 Å². The van der Waals surface area contributed by atoms with Crippen LogP contribution in [0.4, 0.5) is 0 Å². The molecule has 2 fully saturated rings. The maximum atomic E-state index is 11.7. The van der Waals surface area contributed by atoms with E-state index in [1.54, 1.807) is 6.21 Å². The van der Waals surface area contributed by atoms with Crippen molar-refractivity contribution in [3.05, 3.63) is 29.8 Å². The molecule has 2 saturated heterocycles. The molecule has 9 nitrogen and oxygen atoms in total. The van der Waals surface area contributed by atoms with Gasteiger partial charge in [-0.25, -0.2) is 0 Å². The monoisotopic (exact) mass is 406 g/mol. The van der Waals surface area contributed by atoms with Crippen LogP contribution in [0.3, 0.4) is 0 Å². The molecule has 3 rings (SSSR count). The second-order valence-electron chi connectivity index (χ2n) is 6.22.